The maximum Gasteiger partial charge on any atom is 0.316 e. The van der Waals surface area contributed by atoms with Crippen molar-refractivity contribution in [3.05, 3.63) is 17.5 Å². The number of guanidine groups is 1. The standard InChI is InChI=1S/C8H8N4O3/c1-4-2-5(12-15-4)3-9-8-10-6(13)7(14)11-8/h2H,3H2,1H3,(H2,9,10,11,13,14). The van der Waals surface area contributed by atoms with Crippen LogP contribution in [0.15, 0.2) is 15.6 Å². The van der Waals surface area contributed by atoms with E-state index in [0.717, 1.165) is 0 Å². The molecule has 0 saturated carbocycles. The maximum absolute atomic E-state index is 10.8. The SMILES string of the molecule is Cc1cc(CN=C2NC(=O)C(=O)N2)no1. The van der Waals surface area contributed by atoms with Crippen molar-refractivity contribution >= 4 is 17.8 Å². The second-order valence-electron chi connectivity index (χ2n) is 3.00. The number of aliphatic imine (C=N–C) groups is 1. The number of hydrogen-bond donors (Lipinski definition) is 2. The van der Waals surface area contributed by atoms with Gasteiger partial charge in [0.05, 0.1) is 6.54 Å². The van der Waals surface area contributed by atoms with Crippen molar-refractivity contribution in [2.75, 3.05) is 0 Å². The van der Waals surface area contributed by atoms with Crippen molar-refractivity contribution in [3.8, 4) is 0 Å². The highest BCUT2D eigenvalue weighted by Crippen LogP contribution is 2.02. The summed E-state index contributed by atoms with van der Waals surface area (Å²) in [5.41, 5.74) is 0.635. The molecule has 0 spiro atoms. The first-order valence-corrected chi connectivity index (χ1v) is 4.24. The van der Waals surface area contributed by atoms with Crippen LogP contribution in [0, 0.1) is 6.92 Å². The van der Waals surface area contributed by atoms with Crippen LogP contribution in [0.2, 0.25) is 0 Å². The van der Waals surface area contributed by atoms with Crippen LogP contribution in [0.1, 0.15) is 11.5 Å². The molecule has 1 aliphatic rings. The minimum Gasteiger partial charge on any atom is -0.361 e. The fourth-order valence-electron chi connectivity index (χ4n) is 1.09. The van der Waals surface area contributed by atoms with Crippen molar-refractivity contribution in [3.63, 3.8) is 0 Å². The summed E-state index contributed by atoms with van der Waals surface area (Å²) in [5, 5.41) is 8.25. The summed E-state index contributed by atoms with van der Waals surface area (Å²) in [4.78, 5) is 25.5. The summed E-state index contributed by atoms with van der Waals surface area (Å²) >= 11 is 0. The quantitative estimate of drug-likeness (QED) is 0.614. The molecule has 0 radical (unpaired) electrons. The van der Waals surface area contributed by atoms with E-state index in [1.165, 1.54) is 0 Å². The Bertz CT molecular complexity index is 430. The fourth-order valence-corrected chi connectivity index (χ4v) is 1.09. The minimum absolute atomic E-state index is 0.144. The van der Waals surface area contributed by atoms with E-state index >= 15 is 0 Å². The van der Waals surface area contributed by atoms with Crippen molar-refractivity contribution < 1.29 is 14.1 Å². The zero-order valence-corrected chi connectivity index (χ0v) is 7.90. The van der Waals surface area contributed by atoms with E-state index < -0.39 is 11.8 Å². The number of carbonyl (C=O) groups excluding carboxylic acids is 2. The minimum atomic E-state index is -0.704. The van der Waals surface area contributed by atoms with Gasteiger partial charge in [-0.15, -0.1) is 0 Å². The largest absolute Gasteiger partial charge is 0.361 e. The third-order valence-corrected chi connectivity index (χ3v) is 1.75. The Kier molecular flexibility index (Phi) is 2.20. The van der Waals surface area contributed by atoms with Crippen LogP contribution in [-0.4, -0.2) is 22.9 Å². The Balaban J connectivity index is 2.01. The van der Waals surface area contributed by atoms with Crippen molar-refractivity contribution in [2.45, 2.75) is 13.5 Å². The molecule has 78 valence electrons. The van der Waals surface area contributed by atoms with Crippen LogP contribution < -0.4 is 10.6 Å². The molecule has 0 aliphatic carbocycles. The van der Waals surface area contributed by atoms with E-state index in [0.29, 0.717) is 11.5 Å². The highest BCUT2D eigenvalue weighted by atomic mass is 16.5. The number of aryl methyl sites for hydroxylation is 1. The molecule has 2 heterocycles. The van der Waals surface area contributed by atoms with E-state index in [2.05, 4.69) is 20.8 Å². The Morgan fingerprint density at radius 3 is 2.60 bits per heavy atom. The highest BCUT2D eigenvalue weighted by Gasteiger charge is 2.24. The first-order valence-electron chi connectivity index (χ1n) is 4.24. The summed E-state index contributed by atoms with van der Waals surface area (Å²) in [6, 6.07) is 1.72. The molecular weight excluding hydrogens is 200 g/mol. The monoisotopic (exact) mass is 208 g/mol. The molecule has 1 aliphatic heterocycles. The summed E-state index contributed by atoms with van der Waals surface area (Å²) in [5.74, 6) is -0.578. The summed E-state index contributed by atoms with van der Waals surface area (Å²) in [7, 11) is 0. The van der Waals surface area contributed by atoms with Crippen LogP contribution in [-0.2, 0) is 16.1 Å². The number of nitrogens with one attached hydrogen (secondary N) is 2. The predicted octanol–water partition coefficient (Wildman–Crippen LogP) is -0.915. The van der Waals surface area contributed by atoms with E-state index in [1.54, 1.807) is 13.0 Å². The lowest BCUT2D eigenvalue weighted by molar-refractivity contribution is -0.135. The van der Waals surface area contributed by atoms with E-state index in [4.69, 9.17) is 4.52 Å². The van der Waals surface area contributed by atoms with E-state index in [9.17, 15) is 9.59 Å². The Morgan fingerprint density at radius 2 is 2.07 bits per heavy atom. The number of amides is 2. The number of hydrogen-bond acceptors (Lipinski definition) is 5. The summed E-state index contributed by atoms with van der Waals surface area (Å²) in [6.45, 7) is 2.01. The molecule has 7 nitrogen and oxygen atoms in total. The zero-order chi connectivity index (χ0) is 10.8. The van der Waals surface area contributed by atoms with Crippen molar-refractivity contribution in [2.24, 2.45) is 4.99 Å². The lowest BCUT2D eigenvalue weighted by atomic mass is 10.4. The van der Waals surface area contributed by atoms with E-state index in [1.807, 2.05) is 0 Å². The fraction of sp³-hybridized carbons (Fsp3) is 0.250. The predicted molar refractivity (Wildman–Crippen MR) is 48.7 cm³/mol. The molecule has 2 amide bonds. The molecule has 1 fully saturated rings. The van der Waals surface area contributed by atoms with Gasteiger partial charge in [-0.25, -0.2) is 4.99 Å². The Morgan fingerprint density at radius 1 is 1.40 bits per heavy atom. The molecule has 1 aromatic heterocycles. The van der Waals surface area contributed by atoms with Gasteiger partial charge < -0.3 is 4.52 Å². The number of carbonyl (C=O) groups is 2. The summed E-state index contributed by atoms with van der Waals surface area (Å²) < 4.78 is 4.83. The maximum atomic E-state index is 10.8. The number of aromatic nitrogens is 1. The van der Waals surface area contributed by atoms with Gasteiger partial charge in [-0.2, -0.15) is 0 Å². The smallest absolute Gasteiger partial charge is 0.316 e. The third-order valence-electron chi connectivity index (χ3n) is 1.75. The molecule has 0 unspecified atom stereocenters. The molecule has 0 bridgehead atoms. The van der Waals surface area contributed by atoms with Gasteiger partial charge in [-0.1, -0.05) is 5.16 Å². The van der Waals surface area contributed by atoms with Gasteiger partial charge in [0.2, 0.25) is 5.96 Å². The van der Waals surface area contributed by atoms with E-state index in [-0.39, 0.29) is 12.5 Å². The molecule has 0 aromatic carbocycles. The first kappa shape index (κ1) is 9.38. The second kappa shape index (κ2) is 3.52. The highest BCUT2D eigenvalue weighted by molar-refractivity contribution is 6.45. The van der Waals surface area contributed by atoms with Gasteiger partial charge in [0.1, 0.15) is 11.5 Å². The van der Waals surface area contributed by atoms with Crippen LogP contribution in [0.5, 0.6) is 0 Å². The van der Waals surface area contributed by atoms with Gasteiger partial charge in [0.15, 0.2) is 0 Å². The Labute approximate surface area is 84.5 Å². The van der Waals surface area contributed by atoms with Crippen LogP contribution in [0.4, 0.5) is 0 Å². The Hall–Kier alpha value is -2.18. The average molecular weight is 208 g/mol. The zero-order valence-electron chi connectivity index (χ0n) is 7.90. The normalized spacial score (nSPS) is 15.1. The van der Waals surface area contributed by atoms with Gasteiger partial charge in [-0.05, 0) is 6.92 Å². The molecule has 2 N–H and O–H groups in total. The molecular formula is C8H8N4O3. The third kappa shape index (κ3) is 2.01. The van der Waals surface area contributed by atoms with Crippen LogP contribution >= 0.6 is 0 Å². The first-order chi connectivity index (χ1) is 7.15. The van der Waals surface area contributed by atoms with Gasteiger partial charge in [0, 0.05) is 6.07 Å². The lowest BCUT2D eigenvalue weighted by Gasteiger charge is -1.93. The van der Waals surface area contributed by atoms with Gasteiger partial charge in [-0.3, -0.25) is 20.2 Å². The average Bonchev–Trinajstić information content (AvgIpc) is 2.72. The molecule has 7 heteroatoms. The van der Waals surface area contributed by atoms with Crippen molar-refractivity contribution in [1.82, 2.24) is 15.8 Å². The van der Waals surface area contributed by atoms with Crippen molar-refractivity contribution in [1.29, 1.82) is 0 Å². The number of nitrogens with zero attached hydrogens (tertiary/aromatic N) is 2. The van der Waals surface area contributed by atoms with Crippen LogP contribution in [0.25, 0.3) is 0 Å². The summed E-state index contributed by atoms with van der Waals surface area (Å²) in [6.07, 6.45) is 0. The molecule has 0 atom stereocenters. The topological polar surface area (TPSA) is 96.6 Å². The van der Waals surface area contributed by atoms with Crippen LogP contribution in [0.3, 0.4) is 0 Å². The van der Waals surface area contributed by atoms with Gasteiger partial charge >= 0.3 is 11.8 Å². The number of rotatable bonds is 2. The molecule has 1 saturated heterocycles. The van der Waals surface area contributed by atoms with Gasteiger partial charge in [0.25, 0.3) is 0 Å². The molecule has 2 rings (SSSR count). The second-order valence-corrected chi connectivity index (χ2v) is 3.00. The molecule has 1 aromatic rings. The lowest BCUT2D eigenvalue weighted by Crippen LogP contribution is -2.25. The molecule has 15 heavy (non-hydrogen) atoms.